The number of aromatic nitrogens is 2. The first kappa shape index (κ1) is 15.7. The lowest BCUT2D eigenvalue weighted by Gasteiger charge is -2.13. The van der Waals surface area contributed by atoms with Gasteiger partial charge < -0.3 is 19.5 Å². The van der Waals surface area contributed by atoms with Crippen LogP contribution in [-0.4, -0.2) is 31.3 Å². The summed E-state index contributed by atoms with van der Waals surface area (Å²) in [5, 5.41) is 3.49. The first-order valence-electron chi connectivity index (χ1n) is 5.84. The molecule has 1 aromatic heterocycles. The van der Waals surface area contributed by atoms with Gasteiger partial charge in [-0.15, -0.1) is 0 Å². The van der Waals surface area contributed by atoms with E-state index >= 15 is 0 Å². The third-order valence-electron chi connectivity index (χ3n) is 2.63. The predicted octanol–water partition coefficient (Wildman–Crippen LogP) is 3.66. The van der Waals surface area contributed by atoms with Crippen LogP contribution in [0, 0.1) is 0 Å². The summed E-state index contributed by atoms with van der Waals surface area (Å²) in [6, 6.07) is 3.36. The van der Waals surface area contributed by atoms with E-state index in [1.807, 2.05) is 0 Å². The minimum absolute atomic E-state index is 0.359. The van der Waals surface area contributed by atoms with E-state index in [4.69, 9.17) is 25.8 Å². The van der Waals surface area contributed by atoms with Crippen molar-refractivity contribution in [2.24, 2.45) is 0 Å². The van der Waals surface area contributed by atoms with E-state index in [-0.39, 0.29) is 0 Å². The molecule has 112 valence electrons. The summed E-state index contributed by atoms with van der Waals surface area (Å²) < 4.78 is 16.3. The molecule has 2 aromatic rings. The highest BCUT2D eigenvalue weighted by atomic mass is 79.9. The number of anilines is 2. The van der Waals surface area contributed by atoms with Crippen molar-refractivity contribution in [3.8, 4) is 17.4 Å². The molecule has 6 nitrogen and oxygen atoms in total. The van der Waals surface area contributed by atoms with Crippen LogP contribution in [0.15, 0.2) is 22.8 Å². The number of methoxy groups -OCH3 is 3. The molecular weight excluding hydrogens is 362 g/mol. The molecule has 0 saturated carbocycles. The first-order valence-corrected chi connectivity index (χ1v) is 7.01. The lowest BCUT2D eigenvalue weighted by molar-refractivity contribution is 0.394. The molecule has 0 atom stereocenters. The van der Waals surface area contributed by atoms with Crippen LogP contribution in [-0.2, 0) is 0 Å². The molecule has 0 radical (unpaired) electrons. The van der Waals surface area contributed by atoms with E-state index in [9.17, 15) is 0 Å². The second kappa shape index (κ2) is 6.82. The van der Waals surface area contributed by atoms with Crippen molar-refractivity contribution in [1.82, 2.24) is 9.97 Å². The van der Waals surface area contributed by atoms with Crippen molar-refractivity contribution >= 4 is 39.2 Å². The minimum atomic E-state index is 0.359. The van der Waals surface area contributed by atoms with E-state index in [1.54, 1.807) is 25.4 Å². The molecule has 0 bridgehead atoms. The van der Waals surface area contributed by atoms with Gasteiger partial charge in [-0.05, 0) is 15.9 Å². The fraction of sp³-hybridized carbons (Fsp3) is 0.231. The molecule has 0 aliphatic heterocycles. The van der Waals surface area contributed by atoms with E-state index in [1.165, 1.54) is 14.2 Å². The molecule has 1 heterocycles. The van der Waals surface area contributed by atoms with Crippen molar-refractivity contribution in [3.05, 3.63) is 27.8 Å². The fourth-order valence-electron chi connectivity index (χ4n) is 1.63. The third kappa shape index (κ3) is 3.48. The van der Waals surface area contributed by atoms with Crippen LogP contribution in [0.4, 0.5) is 11.6 Å². The lowest BCUT2D eigenvalue weighted by Crippen LogP contribution is -2.01. The van der Waals surface area contributed by atoms with Crippen molar-refractivity contribution in [3.63, 3.8) is 0 Å². The molecular formula is C13H13BrClN3O3. The molecule has 0 unspecified atom stereocenters. The van der Waals surface area contributed by atoms with Gasteiger partial charge in [-0.2, -0.15) is 4.98 Å². The van der Waals surface area contributed by atoms with Gasteiger partial charge in [0.05, 0.1) is 42.7 Å². The van der Waals surface area contributed by atoms with Crippen LogP contribution in [0.1, 0.15) is 0 Å². The van der Waals surface area contributed by atoms with Gasteiger partial charge in [-0.25, -0.2) is 4.98 Å². The number of nitrogens with zero attached hydrogens (tertiary/aromatic N) is 2. The van der Waals surface area contributed by atoms with Gasteiger partial charge in [0.15, 0.2) is 0 Å². The molecule has 0 spiro atoms. The summed E-state index contributed by atoms with van der Waals surface area (Å²) in [6.07, 6.45) is 1.59. The molecule has 0 saturated heterocycles. The van der Waals surface area contributed by atoms with E-state index in [2.05, 4.69) is 31.2 Å². The lowest BCUT2D eigenvalue weighted by atomic mass is 10.2. The van der Waals surface area contributed by atoms with Gasteiger partial charge in [-0.3, -0.25) is 0 Å². The SMILES string of the molecule is COc1cc(Nc2ncc(Br)c(OC)n2)c(OC)cc1Cl. The summed E-state index contributed by atoms with van der Waals surface area (Å²) >= 11 is 9.36. The Morgan fingerprint density at radius 3 is 2.43 bits per heavy atom. The van der Waals surface area contributed by atoms with Crippen LogP contribution in [0.5, 0.6) is 17.4 Å². The van der Waals surface area contributed by atoms with Gasteiger partial charge in [-0.1, -0.05) is 11.6 Å². The van der Waals surface area contributed by atoms with E-state index in [0.29, 0.717) is 38.5 Å². The molecule has 21 heavy (non-hydrogen) atoms. The smallest absolute Gasteiger partial charge is 0.232 e. The molecule has 0 amide bonds. The Balaban J connectivity index is 2.38. The topological polar surface area (TPSA) is 65.5 Å². The van der Waals surface area contributed by atoms with Gasteiger partial charge in [0.25, 0.3) is 0 Å². The largest absolute Gasteiger partial charge is 0.495 e. The summed E-state index contributed by atoms with van der Waals surface area (Å²) in [7, 11) is 4.62. The van der Waals surface area contributed by atoms with Crippen LogP contribution in [0.2, 0.25) is 5.02 Å². The van der Waals surface area contributed by atoms with Crippen LogP contribution in [0.3, 0.4) is 0 Å². The highest BCUT2D eigenvalue weighted by molar-refractivity contribution is 9.10. The van der Waals surface area contributed by atoms with Crippen LogP contribution in [0.25, 0.3) is 0 Å². The molecule has 2 rings (SSSR count). The Morgan fingerprint density at radius 1 is 1.10 bits per heavy atom. The van der Waals surface area contributed by atoms with Crippen molar-refractivity contribution in [2.75, 3.05) is 26.6 Å². The minimum Gasteiger partial charge on any atom is -0.495 e. The van der Waals surface area contributed by atoms with Crippen molar-refractivity contribution in [1.29, 1.82) is 0 Å². The third-order valence-corrected chi connectivity index (χ3v) is 3.46. The van der Waals surface area contributed by atoms with Crippen LogP contribution < -0.4 is 19.5 Å². The maximum absolute atomic E-state index is 6.06. The predicted molar refractivity (Wildman–Crippen MR) is 84.1 cm³/mol. The molecule has 1 N–H and O–H groups in total. The number of rotatable bonds is 5. The van der Waals surface area contributed by atoms with Gasteiger partial charge in [0, 0.05) is 12.1 Å². The van der Waals surface area contributed by atoms with Crippen molar-refractivity contribution < 1.29 is 14.2 Å². The average Bonchev–Trinajstić information content (AvgIpc) is 2.50. The Morgan fingerprint density at radius 2 is 1.81 bits per heavy atom. The normalized spacial score (nSPS) is 10.1. The molecule has 0 aliphatic carbocycles. The molecule has 0 fully saturated rings. The summed E-state index contributed by atoms with van der Waals surface area (Å²) in [4.78, 5) is 8.38. The zero-order chi connectivity index (χ0) is 15.4. The number of halogens is 2. The maximum Gasteiger partial charge on any atom is 0.232 e. The summed E-state index contributed by atoms with van der Waals surface area (Å²) in [5.74, 6) is 1.85. The van der Waals surface area contributed by atoms with Crippen molar-refractivity contribution in [2.45, 2.75) is 0 Å². The molecule has 8 heteroatoms. The van der Waals surface area contributed by atoms with Gasteiger partial charge >= 0.3 is 0 Å². The van der Waals surface area contributed by atoms with E-state index < -0.39 is 0 Å². The Kier molecular flexibility index (Phi) is 5.08. The second-order valence-corrected chi connectivity index (χ2v) is 5.12. The monoisotopic (exact) mass is 373 g/mol. The number of hydrogen-bond acceptors (Lipinski definition) is 6. The zero-order valence-electron chi connectivity index (χ0n) is 11.6. The summed E-state index contributed by atoms with van der Waals surface area (Å²) in [6.45, 7) is 0. The highest BCUT2D eigenvalue weighted by Crippen LogP contribution is 2.37. The average molecular weight is 375 g/mol. The number of benzene rings is 1. The number of ether oxygens (including phenoxy) is 3. The maximum atomic E-state index is 6.06. The Hall–Kier alpha value is -1.73. The Labute approximate surface area is 135 Å². The first-order chi connectivity index (χ1) is 10.1. The quantitative estimate of drug-likeness (QED) is 0.861. The van der Waals surface area contributed by atoms with Gasteiger partial charge in [0.2, 0.25) is 11.8 Å². The number of nitrogens with one attached hydrogen (secondary N) is 1. The Bertz CT molecular complexity index is 655. The second-order valence-electron chi connectivity index (χ2n) is 3.86. The number of hydrogen-bond donors (Lipinski definition) is 1. The highest BCUT2D eigenvalue weighted by Gasteiger charge is 2.12. The van der Waals surface area contributed by atoms with Gasteiger partial charge in [0.1, 0.15) is 11.5 Å². The summed E-state index contributed by atoms with van der Waals surface area (Å²) in [5.41, 5.74) is 0.628. The molecule has 0 aliphatic rings. The van der Waals surface area contributed by atoms with Crippen LogP contribution >= 0.6 is 27.5 Å². The molecule has 1 aromatic carbocycles. The van der Waals surface area contributed by atoms with E-state index in [0.717, 1.165) is 0 Å². The fourth-order valence-corrected chi connectivity index (χ4v) is 2.22. The zero-order valence-corrected chi connectivity index (χ0v) is 13.9. The standard InChI is InChI=1S/C13H13BrClN3O3/c1-19-10-5-9(11(20-2)4-8(10)15)17-13-16-6-7(14)12(18-13)21-3/h4-6H,1-3H3,(H,16,17,18).